The van der Waals surface area contributed by atoms with E-state index in [1.54, 1.807) is 0 Å². The van der Waals surface area contributed by atoms with E-state index in [1.165, 1.54) is 6.42 Å². The van der Waals surface area contributed by atoms with Crippen LogP contribution in [0.5, 0.6) is 5.75 Å². The summed E-state index contributed by atoms with van der Waals surface area (Å²) >= 11 is 13.9. The Morgan fingerprint density at radius 2 is 1.62 bits per heavy atom. The second kappa shape index (κ2) is 11.6. The minimum atomic E-state index is 0. The first-order valence-electron chi connectivity index (χ1n) is 8.10. The smallest absolute Gasteiger partial charge is 0.169 e. The number of unbranched alkanes of at least 4 members (excludes halogenated alkanes) is 2. The SMILES string of the molecule is C[N+](C)(CCCCCOc1c(Br)cc(Br)cc1Br)Cc1ccc(Br)o1.[Br-]. The summed E-state index contributed by atoms with van der Waals surface area (Å²) in [5, 5.41) is 0. The molecule has 0 saturated heterocycles. The largest absolute Gasteiger partial charge is 1.00 e. The lowest BCUT2D eigenvalue weighted by Crippen LogP contribution is -3.00. The van der Waals surface area contributed by atoms with Gasteiger partial charge in [0.15, 0.2) is 10.4 Å². The Kier molecular flexibility index (Phi) is 11.0. The third-order valence-corrected chi connectivity index (χ3v) is 5.89. The Morgan fingerprint density at radius 3 is 2.19 bits per heavy atom. The summed E-state index contributed by atoms with van der Waals surface area (Å²) in [6.45, 7) is 2.74. The number of hydrogen-bond donors (Lipinski definition) is 0. The molecule has 146 valence electrons. The molecule has 1 heterocycles. The van der Waals surface area contributed by atoms with Gasteiger partial charge in [0.2, 0.25) is 0 Å². The van der Waals surface area contributed by atoms with E-state index >= 15 is 0 Å². The van der Waals surface area contributed by atoms with Crippen LogP contribution < -0.4 is 21.7 Å². The summed E-state index contributed by atoms with van der Waals surface area (Å²) in [6.07, 6.45) is 3.36. The Balaban J connectivity index is 0.00000338. The number of furan rings is 1. The number of hydrogen-bond acceptors (Lipinski definition) is 2. The van der Waals surface area contributed by atoms with Crippen LogP contribution in [0.2, 0.25) is 0 Å². The maximum absolute atomic E-state index is 5.91. The van der Waals surface area contributed by atoms with Crippen molar-refractivity contribution < 1.29 is 30.6 Å². The second-order valence-corrected chi connectivity index (χ2v) is 10.0. The van der Waals surface area contributed by atoms with Gasteiger partial charge in [0.25, 0.3) is 0 Å². The van der Waals surface area contributed by atoms with E-state index in [0.717, 1.165) is 66.6 Å². The van der Waals surface area contributed by atoms with Gasteiger partial charge >= 0.3 is 0 Å². The van der Waals surface area contributed by atoms with Crippen molar-refractivity contribution in [2.75, 3.05) is 27.2 Å². The minimum Gasteiger partial charge on any atom is -1.00 e. The summed E-state index contributed by atoms with van der Waals surface area (Å²) in [5.74, 6) is 1.88. The third kappa shape index (κ3) is 8.35. The van der Waals surface area contributed by atoms with Crippen LogP contribution in [0, 0.1) is 0 Å². The molecule has 0 spiro atoms. The fourth-order valence-electron chi connectivity index (χ4n) is 2.60. The monoisotopic (exact) mass is 679 g/mol. The maximum atomic E-state index is 5.91. The summed E-state index contributed by atoms with van der Waals surface area (Å²) in [7, 11) is 4.48. The standard InChI is InChI=1S/C18H22Br4NO2.BrH/c1-23(2,12-14-6-7-17(22)25-14)8-4-3-5-9-24-18-15(20)10-13(19)11-16(18)21;/h6-7,10-11H,3-5,8-9,12H2,1-2H3;1H/q+1;/p-1. The maximum Gasteiger partial charge on any atom is 0.169 e. The number of benzene rings is 1. The first-order valence-corrected chi connectivity index (χ1v) is 11.3. The molecule has 0 bridgehead atoms. The highest BCUT2D eigenvalue weighted by atomic mass is 79.9. The molecule has 0 amide bonds. The van der Waals surface area contributed by atoms with Crippen LogP contribution in [-0.4, -0.2) is 31.7 Å². The molecule has 0 N–H and O–H groups in total. The van der Waals surface area contributed by atoms with E-state index in [-0.39, 0.29) is 17.0 Å². The van der Waals surface area contributed by atoms with Gasteiger partial charge in [0, 0.05) is 4.47 Å². The van der Waals surface area contributed by atoms with Gasteiger partial charge in [-0.3, -0.25) is 0 Å². The lowest BCUT2D eigenvalue weighted by Gasteiger charge is -2.28. The first-order chi connectivity index (χ1) is 11.8. The summed E-state index contributed by atoms with van der Waals surface area (Å²) < 4.78 is 16.2. The predicted molar refractivity (Wildman–Crippen MR) is 116 cm³/mol. The van der Waals surface area contributed by atoms with Crippen LogP contribution in [0.15, 0.2) is 46.8 Å². The number of halogens is 5. The molecule has 0 radical (unpaired) electrons. The van der Waals surface area contributed by atoms with Gasteiger partial charge < -0.3 is 30.6 Å². The molecule has 0 aliphatic rings. The average molecular weight is 684 g/mol. The van der Waals surface area contributed by atoms with Crippen molar-refractivity contribution in [3.8, 4) is 5.75 Å². The molecule has 0 aliphatic carbocycles. The molecule has 8 heteroatoms. The molecule has 0 saturated carbocycles. The molecule has 1 aromatic carbocycles. The Labute approximate surface area is 199 Å². The Morgan fingerprint density at radius 1 is 0.962 bits per heavy atom. The Bertz CT molecular complexity index is 680. The van der Waals surface area contributed by atoms with Crippen molar-refractivity contribution in [2.45, 2.75) is 25.8 Å². The zero-order chi connectivity index (χ0) is 18.4. The van der Waals surface area contributed by atoms with Crippen LogP contribution in [0.4, 0.5) is 0 Å². The van der Waals surface area contributed by atoms with Crippen LogP contribution >= 0.6 is 63.7 Å². The van der Waals surface area contributed by atoms with Crippen molar-refractivity contribution in [3.05, 3.63) is 48.1 Å². The zero-order valence-electron chi connectivity index (χ0n) is 14.7. The molecule has 26 heavy (non-hydrogen) atoms. The lowest BCUT2D eigenvalue weighted by molar-refractivity contribution is -0.904. The fraction of sp³-hybridized carbons (Fsp3) is 0.444. The lowest BCUT2D eigenvalue weighted by atomic mass is 10.2. The molecule has 0 aliphatic heterocycles. The molecule has 3 nitrogen and oxygen atoms in total. The third-order valence-electron chi connectivity index (χ3n) is 3.83. The number of ether oxygens (including phenoxy) is 1. The molecule has 2 rings (SSSR count). The van der Waals surface area contributed by atoms with E-state index in [2.05, 4.69) is 77.8 Å². The molecular weight excluding hydrogens is 662 g/mol. The van der Waals surface area contributed by atoms with E-state index in [0.29, 0.717) is 0 Å². The van der Waals surface area contributed by atoms with Gasteiger partial charge in [-0.1, -0.05) is 15.9 Å². The highest BCUT2D eigenvalue weighted by molar-refractivity contribution is 9.11. The van der Waals surface area contributed by atoms with Crippen LogP contribution in [0.25, 0.3) is 0 Å². The number of quaternary nitrogens is 1. The van der Waals surface area contributed by atoms with Crippen LogP contribution in [-0.2, 0) is 6.54 Å². The minimum absolute atomic E-state index is 0. The van der Waals surface area contributed by atoms with E-state index in [1.807, 2.05) is 24.3 Å². The van der Waals surface area contributed by atoms with Gasteiger partial charge in [-0.15, -0.1) is 0 Å². The number of nitrogens with zero attached hydrogens (tertiary/aromatic N) is 1. The summed E-state index contributed by atoms with van der Waals surface area (Å²) in [6, 6.07) is 7.97. The normalized spacial score (nSPS) is 11.3. The van der Waals surface area contributed by atoms with Crippen molar-refractivity contribution in [2.24, 2.45) is 0 Å². The van der Waals surface area contributed by atoms with Gasteiger partial charge in [-0.25, -0.2) is 0 Å². The van der Waals surface area contributed by atoms with Gasteiger partial charge in [-0.2, -0.15) is 0 Å². The molecule has 0 fully saturated rings. The summed E-state index contributed by atoms with van der Waals surface area (Å²) in [4.78, 5) is 0. The molecule has 2 aromatic rings. The molecular formula is C18H22Br5NO2. The topological polar surface area (TPSA) is 22.4 Å². The van der Waals surface area contributed by atoms with Crippen molar-refractivity contribution in [3.63, 3.8) is 0 Å². The van der Waals surface area contributed by atoms with E-state index in [4.69, 9.17) is 9.15 Å². The first kappa shape index (κ1) is 24.7. The van der Waals surface area contributed by atoms with E-state index < -0.39 is 0 Å². The van der Waals surface area contributed by atoms with E-state index in [9.17, 15) is 0 Å². The van der Waals surface area contributed by atoms with Crippen molar-refractivity contribution >= 4 is 63.7 Å². The molecule has 0 atom stereocenters. The van der Waals surface area contributed by atoms with Crippen LogP contribution in [0.1, 0.15) is 25.0 Å². The molecule has 0 unspecified atom stereocenters. The van der Waals surface area contributed by atoms with Gasteiger partial charge in [0.1, 0.15) is 12.3 Å². The van der Waals surface area contributed by atoms with Gasteiger partial charge in [0.05, 0.1) is 36.2 Å². The quantitative estimate of drug-likeness (QED) is 0.293. The Hall–Kier alpha value is 0.660. The fourth-order valence-corrected chi connectivity index (χ4v) is 5.43. The highest BCUT2D eigenvalue weighted by Gasteiger charge is 2.17. The van der Waals surface area contributed by atoms with Crippen LogP contribution in [0.3, 0.4) is 0 Å². The average Bonchev–Trinajstić information content (AvgIpc) is 2.88. The second-order valence-electron chi connectivity index (χ2n) is 6.63. The van der Waals surface area contributed by atoms with Crippen molar-refractivity contribution in [1.82, 2.24) is 0 Å². The number of rotatable bonds is 9. The summed E-state index contributed by atoms with van der Waals surface area (Å²) in [5.41, 5.74) is 0. The zero-order valence-corrected chi connectivity index (χ0v) is 22.6. The van der Waals surface area contributed by atoms with Crippen molar-refractivity contribution in [1.29, 1.82) is 0 Å². The van der Waals surface area contributed by atoms with Gasteiger partial charge in [-0.05, 0) is 91.3 Å². The predicted octanol–water partition coefficient (Wildman–Crippen LogP) is 4.16. The molecule has 1 aromatic heterocycles. The highest BCUT2D eigenvalue weighted by Crippen LogP contribution is 2.36.